The van der Waals surface area contributed by atoms with Gasteiger partial charge in [0.1, 0.15) is 0 Å². The van der Waals surface area contributed by atoms with Crippen LogP contribution in [0.2, 0.25) is 0 Å². The molecule has 3 rings (SSSR count). The first-order valence-corrected chi connectivity index (χ1v) is 9.05. The van der Waals surface area contributed by atoms with Gasteiger partial charge in [-0.25, -0.2) is 4.98 Å². The largest absolute Gasteiger partial charge is 0.269 e. The van der Waals surface area contributed by atoms with Crippen LogP contribution in [0.4, 0.5) is 10.8 Å². The summed E-state index contributed by atoms with van der Waals surface area (Å²) >= 11 is 1.49. The van der Waals surface area contributed by atoms with Crippen molar-refractivity contribution in [1.82, 2.24) is 4.98 Å². The summed E-state index contributed by atoms with van der Waals surface area (Å²) < 4.78 is 0. The molecule has 0 bridgehead atoms. The number of hydrogen-bond donors (Lipinski definition) is 1. The van der Waals surface area contributed by atoms with Crippen LogP contribution in [0.3, 0.4) is 0 Å². The molecule has 0 spiro atoms. The molecule has 0 atom stereocenters. The fourth-order valence-electron chi connectivity index (χ4n) is 2.87. The lowest BCUT2D eigenvalue weighted by Gasteiger charge is -2.21. The van der Waals surface area contributed by atoms with Crippen molar-refractivity contribution in [1.29, 1.82) is 0 Å². The maximum Gasteiger partial charge on any atom is 0.269 e. The van der Waals surface area contributed by atoms with Gasteiger partial charge >= 0.3 is 0 Å². The normalized spacial score (nSPS) is 17.5. The Kier molecular flexibility index (Phi) is 5.20. The average Bonchev–Trinajstić information content (AvgIpc) is 3.09. The number of hydrazone groups is 1. The van der Waals surface area contributed by atoms with Crippen molar-refractivity contribution in [2.45, 2.75) is 39.0 Å². The molecule has 1 N–H and O–H groups in total. The fraction of sp³-hybridized carbons (Fsp3) is 0.412. The Morgan fingerprint density at radius 1 is 1.33 bits per heavy atom. The zero-order valence-electron chi connectivity index (χ0n) is 13.6. The number of non-ortho nitro benzene ring substituents is 1. The molecule has 0 aliphatic heterocycles. The summed E-state index contributed by atoms with van der Waals surface area (Å²) in [6, 6.07) is 6.42. The van der Waals surface area contributed by atoms with Crippen molar-refractivity contribution in [3.05, 3.63) is 39.8 Å². The molecule has 1 heterocycles. The topological polar surface area (TPSA) is 80.4 Å². The number of benzene rings is 1. The van der Waals surface area contributed by atoms with E-state index in [4.69, 9.17) is 0 Å². The molecular weight excluding hydrogens is 324 g/mol. The van der Waals surface area contributed by atoms with Gasteiger partial charge in [0.25, 0.3) is 5.69 Å². The lowest BCUT2D eigenvalue weighted by atomic mass is 9.86. The Labute approximate surface area is 144 Å². The first kappa shape index (κ1) is 16.6. The van der Waals surface area contributed by atoms with E-state index in [0.29, 0.717) is 0 Å². The van der Waals surface area contributed by atoms with Gasteiger partial charge in [-0.1, -0.05) is 13.3 Å². The first-order valence-electron chi connectivity index (χ1n) is 8.17. The number of nitrogens with zero attached hydrogens (tertiary/aromatic N) is 3. The van der Waals surface area contributed by atoms with E-state index in [0.717, 1.165) is 35.1 Å². The summed E-state index contributed by atoms with van der Waals surface area (Å²) in [5, 5.41) is 17.9. The van der Waals surface area contributed by atoms with Crippen LogP contribution in [-0.4, -0.2) is 15.6 Å². The van der Waals surface area contributed by atoms with E-state index < -0.39 is 4.92 Å². The van der Waals surface area contributed by atoms with Crippen molar-refractivity contribution >= 4 is 27.9 Å². The van der Waals surface area contributed by atoms with Crippen molar-refractivity contribution in [2.75, 3.05) is 5.43 Å². The smallest absolute Gasteiger partial charge is 0.258 e. The molecular formula is C17H20N4O2S. The van der Waals surface area contributed by atoms with Crippen LogP contribution in [-0.2, 0) is 0 Å². The maximum absolute atomic E-state index is 10.7. The minimum absolute atomic E-state index is 0.0846. The van der Waals surface area contributed by atoms with Crippen LogP contribution in [0.25, 0.3) is 11.3 Å². The van der Waals surface area contributed by atoms with Crippen LogP contribution in [0.15, 0.2) is 34.7 Å². The van der Waals surface area contributed by atoms with E-state index in [-0.39, 0.29) is 5.69 Å². The quantitative estimate of drug-likeness (QED) is 0.605. The fourth-order valence-corrected chi connectivity index (χ4v) is 3.53. The average molecular weight is 344 g/mol. The number of anilines is 1. The maximum atomic E-state index is 10.7. The molecule has 1 aliphatic rings. The van der Waals surface area contributed by atoms with Gasteiger partial charge in [-0.3, -0.25) is 15.5 Å². The Balaban J connectivity index is 1.62. The van der Waals surface area contributed by atoms with Gasteiger partial charge in [0.15, 0.2) is 0 Å². The molecule has 6 nitrogen and oxygen atoms in total. The molecule has 0 saturated heterocycles. The van der Waals surface area contributed by atoms with Gasteiger partial charge in [0.2, 0.25) is 5.13 Å². The van der Waals surface area contributed by atoms with Gasteiger partial charge < -0.3 is 0 Å². The lowest BCUT2D eigenvalue weighted by Crippen LogP contribution is -2.14. The van der Waals surface area contributed by atoms with Crippen molar-refractivity contribution in [3.63, 3.8) is 0 Å². The van der Waals surface area contributed by atoms with E-state index in [1.165, 1.54) is 48.4 Å². The highest BCUT2D eigenvalue weighted by Crippen LogP contribution is 2.28. The van der Waals surface area contributed by atoms with E-state index in [2.05, 4.69) is 22.4 Å². The van der Waals surface area contributed by atoms with Crippen LogP contribution < -0.4 is 5.43 Å². The summed E-state index contributed by atoms with van der Waals surface area (Å²) in [4.78, 5) is 14.8. The lowest BCUT2D eigenvalue weighted by molar-refractivity contribution is -0.384. The number of aromatic nitrogens is 1. The summed E-state index contributed by atoms with van der Waals surface area (Å²) in [7, 11) is 0. The standard InChI is InChI=1S/C17H20N4O2S/c1-2-12-3-7-14(8-4-12)19-20-17-18-16(11-24-17)13-5-9-15(10-6-13)21(22)23/h5-6,9-12H,2-4,7-8H2,1H3,(H,18,20). The number of nitro benzene ring substituents is 1. The molecule has 1 aromatic heterocycles. The van der Waals surface area contributed by atoms with Crippen LogP contribution in [0.5, 0.6) is 0 Å². The van der Waals surface area contributed by atoms with Crippen LogP contribution in [0, 0.1) is 16.0 Å². The monoisotopic (exact) mass is 344 g/mol. The minimum atomic E-state index is -0.402. The van der Waals surface area contributed by atoms with Crippen molar-refractivity contribution in [2.24, 2.45) is 11.0 Å². The minimum Gasteiger partial charge on any atom is -0.258 e. The molecule has 0 amide bonds. The summed E-state index contributed by atoms with van der Waals surface area (Å²) in [6.07, 6.45) is 5.83. The molecule has 0 unspecified atom stereocenters. The Hall–Kier alpha value is -2.28. The first-order chi connectivity index (χ1) is 11.7. The third-order valence-electron chi connectivity index (χ3n) is 4.45. The predicted molar refractivity (Wildman–Crippen MR) is 97.5 cm³/mol. The second-order valence-electron chi connectivity index (χ2n) is 5.98. The Morgan fingerprint density at radius 2 is 2.04 bits per heavy atom. The summed E-state index contributed by atoms with van der Waals surface area (Å²) in [6.45, 7) is 2.25. The van der Waals surface area contributed by atoms with Crippen molar-refractivity contribution < 1.29 is 4.92 Å². The number of hydrogen-bond acceptors (Lipinski definition) is 6. The van der Waals surface area contributed by atoms with Crippen LogP contribution in [0.1, 0.15) is 39.0 Å². The summed E-state index contributed by atoms with van der Waals surface area (Å²) in [5.74, 6) is 0.845. The summed E-state index contributed by atoms with van der Waals surface area (Å²) in [5.41, 5.74) is 6.01. The highest BCUT2D eigenvalue weighted by Gasteiger charge is 2.16. The SMILES string of the molecule is CCC1CCC(=NNc2nc(-c3ccc([N+](=O)[O-])cc3)cs2)CC1. The van der Waals surface area contributed by atoms with Crippen LogP contribution >= 0.6 is 11.3 Å². The van der Waals surface area contributed by atoms with Crippen molar-refractivity contribution in [3.8, 4) is 11.3 Å². The van der Waals surface area contributed by atoms with Gasteiger partial charge in [-0.2, -0.15) is 5.10 Å². The Morgan fingerprint density at radius 3 is 2.67 bits per heavy atom. The third-order valence-corrected chi connectivity index (χ3v) is 5.19. The zero-order chi connectivity index (χ0) is 16.9. The third kappa shape index (κ3) is 3.97. The van der Waals surface area contributed by atoms with Gasteiger partial charge in [-0.15, -0.1) is 11.3 Å². The van der Waals surface area contributed by atoms with E-state index in [9.17, 15) is 10.1 Å². The number of thiazole rings is 1. The molecule has 2 aromatic rings. The van der Waals surface area contributed by atoms with Gasteiger partial charge in [0, 0.05) is 28.8 Å². The highest BCUT2D eigenvalue weighted by molar-refractivity contribution is 7.14. The molecule has 1 aromatic carbocycles. The molecule has 1 saturated carbocycles. The zero-order valence-corrected chi connectivity index (χ0v) is 14.4. The van der Waals surface area contributed by atoms with E-state index >= 15 is 0 Å². The van der Waals surface area contributed by atoms with E-state index in [1.54, 1.807) is 12.1 Å². The molecule has 1 aliphatic carbocycles. The predicted octanol–water partition coefficient (Wildman–Crippen LogP) is 5.09. The number of nitro groups is 1. The second-order valence-corrected chi connectivity index (χ2v) is 6.84. The van der Waals surface area contributed by atoms with Gasteiger partial charge in [-0.05, 0) is 43.7 Å². The highest BCUT2D eigenvalue weighted by atomic mass is 32.1. The second kappa shape index (κ2) is 7.53. The molecule has 0 radical (unpaired) electrons. The number of nitrogens with one attached hydrogen (secondary N) is 1. The molecule has 1 fully saturated rings. The number of rotatable bonds is 5. The molecule has 7 heteroatoms. The van der Waals surface area contributed by atoms with Gasteiger partial charge in [0.05, 0.1) is 10.6 Å². The van der Waals surface area contributed by atoms with E-state index in [1.807, 2.05) is 5.38 Å². The Bertz CT molecular complexity index is 729. The molecule has 24 heavy (non-hydrogen) atoms. The molecule has 126 valence electrons.